The number of ether oxygens (including phenoxy) is 1. The molecule has 0 fully saturated rings. The third-order valence-electron chi connectivity index (χ3n) is 2.56. The monoisotopic (exact) mass is 298 g/mol. The summed E-state index contributed by atoms with van der Waals surface area (Å²) in [6.45, 7) is 1.91. The summed E-state index contributed by atoms with van der Waals surface area (Å²) in [6, 6.07) is 1.33. The maximum absolute atomic E-state index is 14.1. The molecular weight excluding hydrogens is 287 g/mol. The number of rotatable bonds is 3. The number of nitrogens with two attached hydrogens (primary N) is 2. The van der Waals surface area contributed by atoms with E-state index in [4.69, 9.17) is 27.8 Å². The highest BCUT2D eigenvalue weighted by molar-refractivity contribution is 6.33. The van der Waals surface area contributed by atoms with Crippen LogP contribution in [0.1, 0.15) is 17.3 Å². The third kappa shape index (κ3) is 2.39. The van der Waals surface area contributed by atoms with Crippen LogP contribution in [0.2, 0.25) is 5.02 Å². The van der Waals surface area contributed by atoms with Crippen LogP contribution in [0, 0.1) is 5.82 Å². The fourth-order valence-electron chi connectivity index (χ4n) is 1.65. The summed E-state index contributed by atoms with van der Waals surface area (Å²) >= 11 is 5.74. The van der Waals surface area contributed by atoms with E-state index in [1.807, 2.05) is 0 Å². The Labute approximate surface area is 119 Å². The van der Waals surface area contributed by atoms with Crippen LogP contribution in [-0.4, -0.2) is 22.4 Å². The van der Waals surface area contributed by atoms with Crippen LogP contribution in [0.5, 0.6) is 0 Å². The van der Waals surface area contributed by atoms with Crippen molar-refractivity contribution < 1.29 is 13.9 Å². The predicted molar refractivity (Wildman–Crippen MR) is 73.3 cm³/mol. The molecule has 2 rings (SSSR count). The van der Waals surface area contributed by atoms with Gasteiger partial charge in [-0.25, -0.2) is 13.9 Å². The zero-order chi connectivity index (χ0) is 14.9. The zero-order valence-electron chi connectivity index (χ0n) is 10.6. The van der Waals surface area contributed by atoms with Crippen molar-refractivity contribution in [3.8, 4) is 5.69 Å². The van der Waals surface area contributed by atoms with Crippen molar-refractivity contribution in [2.24, 2.45) is 0 Å². The summed E-state index contributed by atoms with van der Waals surface area (Å²) in [5.41, 5.74) is 11.4. The number of anilines is 2. The van der Waals surface area contributed by atoms with Gasteiger partial charge >= 0.3 is 5.97 Å². The number of carbonyl (C=O) groups is 1. The number of halogens is 2. The minimum absolute atomic E-state index is 0.0307. The molecule has 20 heavy (non-hydrogen) atoms. The Morgan fingerprint density at radius 2 is 2.20 bits per heavy atom. The van der Waals surface area contributed by atoms with Gasteiger partial charge in [-0.3, -0.25) is 0 Å². The minimum Gasteiger partial charge on any atom is -0.462 e. The van der Waals surface area contributed by atoms with Crippen LogP contribution in [0.15, 0.2) is 18.5 Å². The summed E-state index contributed by atoms with van der Waals surface area (Å²) in [6.07, 6.45) is 2.56. The summed E-state index contributed by atoms with van der Waals surface area (Å²) in [5, 5.41) is 3.63. The first kappa shape index (κ1) is 14.1. The number of aromatic nitrogens is 2. The van der Waals surface area contributed by atoms with Crippen LogP contribution in [0.4, 0.5) is 15.8 Å². The Bertz CT molecular complexity index is 672. The molecule has 0 radical (unpaired) electrons. The van der Waals surface area contributed by atoms with Gasteiger partial charge in [0.1, 0.15) is 10.7 Å². The molecule has 0 amide bonds. The Morgan fingerprint density at radius 3 is 2.85 bits per heavy atom. The summed E-state index contributed by atoms with van der Waals surface area (Å²) in [7, 11) is 0. The van der Waals surface area contributed by atoms with Crippen LogP contribution < -0.4 is 11.5 Å². The molecule has 4 N–H and O–H groups in total. The molecule has 0 unspecified atom stereocenters. The molecule has 1 heterocycles. The number of nitrogen functional groups attached to an aromatic ring is 2. The van der Waals surface area contributed by atoms with E-state index in [9.17, 15) is 9.18 Å². The van der Waals surface area contributed by atoms with Crippen molar-refractivity contribution in [1.29, 1.82) is 0 Å². The molecule has 1 aromatic heterocycles. The molecule has 8 heteroatoms. The summed E-state index contributed by atoms with van der Waals surface area (Å²) in [4.78, 5) is 11.5. The maximum atomic E-state index is 14.1. The van der Waals surface area contributed by atoms with Gasteiger partial charge in [0, 0.05) is 6.20 Å². The second-order valence-electron chi connectivity index (χ2n) is 3.93. The quantitative estimate of drug-likeness (QED) is 0.667. The number of carbonyl (C=O) groups excluding carboxylic acids is 1. The number of nitrogens with zero attached hydrogens (tertiary/aromatic N) is 2. The molecule has 0 atom stereocenters. The second kappa shape index (κ2) is 5.38. The molecular formula is C12H12ClFN4O2. The van der Waals surface area contributed by atoms with Gasteiger partial charge in [0.2, 0.25) is 0 Å². The molecule has 0 aliphatic carbocycles. The Kier molecular flexibility index (Phi) is 3.80. The average Bonchev–Trinajstić information content (AvgIpc) is 2.86. The smallest absolute Gasteiger partial charge is 0.341 e. The van der Waals surface area contributed by atoms with E-state index in [0.29, 0.717) is 0 Å². The van der Waals surface area contributed by atoms with E-state index >= 15 is 0 Å². The normalized spacial score (nSPS) is 10.6. The molecule has 0 aliphatic rings. The Hall–Kier alpha value is -2.28. The van der Waals surface area contributed by atoms with Crippen molar-refractivity contribution in [2.45, 2.75) is 6.92 Å². The molecule has 1 aromatic carbocycles. The first-order valence-electron chi connectivity index (χ1n) is 5.70. The average molecular weight is 299 g/mol. The molecule has 2 aromatic rings. The zero-order valence-corrected chi connectivity index (χ0v) is 11.3. The van der Waals surface area contributed by atoms with E-state index in [0.717, 1.165) is 4.68 Å². The van der Waals surface area contributed by atoms with E-state index < -0.39 is 11.8 Å². The number of esters is 1. The first-order chi connectivity index (χ1) is 9.45. The Morgan fingerprint density at radius 1 is 1.50 bits per heavy atom. The minimum atomic E-state index is -0.803. The van der Waals surface area contributed by atoms with Gasteiger partial charge in [-0.1, -0.05) is 11.6 Å². The third-order valence-corrected chi connectivity index (χ3v) is 2.95. The number of benzene rings is 1. The largest absolute Gasteiger partial charge is 0.462 e. The molecule has 0 aliphatic heterocycles. The van der Waals surface area contributed by atoms with Gasteiger partial charge in [0.15, 0.2) is 5.82 Å². The molecule has 0 spiro atoms. The first-order valence-corrected chi connectivity index (χ1v) is 6.08. The molecule has 0 saturated heterocycles. The number of hydrogen-bond donors (Lipinski definition) is 2. The molecule has 0 saturated carbocycles. The van der Waals surface area contributed by atoms with Gasteiger partial charge in [-0.15, -0.1) is 0 Å². The van der Waals surface area contributed by atoms with Gasteiger partial charge in [0.05, 0.1) is 29.7 Å². The standard InChI is InChI=1S/C12H12ClFN4O2/c1-2-20-12(19)6-4-17-18(5-6)11-8(16)3-7(15)9(13)10(11)14/h3-5H,2,15-16H2,1H3. The Balaban J connectivity index is 2.48. The predicted octanol–water partition coefficient (Wildman–Crippen LogP) is 2.01. The van der Waals surface area contributed by atoms with Gasteiger partial charge in [0.25, 0.3) is 0 Å². The van der Waals surface area contributed by atoms with Crippen molar-refractivity contribution in [3.63, 3.8) is 0 Å². The second-order valence-corrected chi connectivity index (χ2v) is 4.30. The highest BCUT2D eigenvalue weighted by Crippen LogP contribution is 2.32. The fourth-order valence-corrected chi connectivity index (χ4v) is 1.80. The van der Waals surface area contributed by atoms with Gasteiger partial charge in [-0.05, 0) is 13.0 Å². The molecule has 106 valence electrons. The van der Waals surface area contributed by atoms with E-state index in [2.05, 4.69) is 5.10 Å². The van der Waals surface area contributed by atoms with Crippen molar-refractivity contribution in [3.05, 3.63) is 34.9 Å². The van der Waals surface area contributed by atoms with Crippen LogP contribution >= 0.6 is 11.6 Å². The fraction of sp³-hybridized carbons (Fsp3) is 0.167. The lowest BCUT2D eigenvalue weighted by Gasteiger charge is -2.10. The topological polar surface area (TPSA) is 96.2 Å². The van der Waals surface area contributed by atoms with Gasteiger partial charge in [-0.2, -0.15) is 5.10 Å². The van der Waals surface area contributed by atoms with Crippen molar-refractivity contribution in [1.82, 2.24) is 9.78 Å². The van der Waals surface area contributed by atoms with Gasteiger partial charge < -0.3 is 16.2 Å². The maximum Gasteiger partial charge on any atom is 0.341 e. The van der Waals surface area contributed by atoms with E-state index in [1.54, 1.807) is 6.92 Å². The lowest BCUT2D eigenvalue weighted by molar-refractivity contribution is 0.0526. The van der Waals surface area contributed by atoms with E-state index in [1.165, 1.54) is 18.5 Å². The highest BCUT2D eigenvalue weighted by Gasteiger charge is 2.18. The highest BCUT2D eigenvalue weighted by atomic mass is 35.5. The van der Waals surface area contributed by atoms with E-state index in [-0.39, 0.29) is 34.3 Å². The lowest BCUT2D eigenvalue weighted by atomic mass is 10.2. The summed E-state index contributed by atoms with van der Waals surface area (Å²) < 4.78 is 20.0. The van der Waals surface area contributed by atoms with Crippen molar-refractivity contribution in [2.75, 3.05) is 18.1 Å². The molecule has 0 bridgehead atoms. The van der Waals surface area contributed by atoms with Crippen LogP contribution in [0.3, 0.4) is 0 Å². The number of hydrogen-bond acceptors (Lipinski definition) is 5. The summed E-state index contributed by atoms with van der Waals surface area (Å²) in [5.74, 6) is -1.36. The molecule has 6 nitrogen and oxygen atoms in total. The van der Waals surface area contributed by atoms with Crippen molar-refractivity contribution >= 4 is 28.9 Å². The van der Waals surface area contributed by atoms with Crippen LogP contribution in [-0.2, 0) is 4.74 Å². The van der Waals surface area contributed by atoms with Crippen LogP contribution in [0.25, 0.3) is 5.69 Å². The SMILES string of the molecule is CCOC(=O)c1cnn(-c2c(N)cc(N)c(Cl)c2F)c1. The lowest BCUT2D eigenvalue weighted by Crippen LogP contribution is -2.06.